The Bertz CT molecular complexity index is 284. The number of thioether (sulfide) groups is 1. The molecule has 2 heteroatoms. The first-order chi connectivity index (χ1) is 6.40. The van der Waals surface area contributed by atoms with Gasteiger partial charge in [-0.3, -0.25) is 0 Å². The number of carbonyl (C=O) groups is 1. The van der Waals surface area contributed by atoms with Gasteiger partial charge in [-0.1, -0.05) is 24.3 Å². The average molecular weight is 192 g/mol. The van der Waals surface area contributed by atoms with Crippen LogP contribution in [0.2, 0.25) is 0 Å². The molecular formula is C11H12OS. The van der Waals surface area contributed by atoms with Gasteiger partial charge in [0.15, 0.2) is 0 Å². The van der Waals surface area contributed by atoms with E-state index in [0.717, 1.165) is 19.1 Å². The van der Waals surface area contributed by atoms with Crippen LogP contribution in [0.15, 0.2) is 24.3 Å². The van der Waals surface area contributed by atoms with Gasteiger partial charge in [0.25, 0.3) is 0 Å². The second-order valence-electron chi connectivity index (χ2n) is 3.30. The monoisotopic (exact) mass is 192 g/mol. The molecule has 0 heterocycles. The summed E-state index contributed by atoms with van der Waals surface area (Å²) in [4.78, 5) is 10.2. The Morgan fingerprint density at radius 3 is 2.46 bits per heavy atom. The van der Waals surface area contributed by atoms with Crippen LogP contribution in [-0.2, 0) is 17.6 Å². The number of fused-ring (bicyclic) bond motifs is 1. The lowest BCUT2D eigenvalue weighted by molar-refractivity contribution is -0.105. The van der Waals surface area contributed by atoms with Gasteiger partial charge in [0, 0.05) is 11.0 Å². The third-order valence-electron chi connectivity index (χ3n) is 2.41. The summed E-state index contributed by atoms with van der Waals surface area (Å²) in [5, 5.41) is 0.627. The first kappa shape index (κ1) is 8.82. The highest BCUT2D eigenvalue weighted by atomic mass is 32.2. The van der Waals surface area contributed by atoms with Crippen LogP contribution in [0, 0.1) is 0 Å². The topological polar surface area (TPSA) is 17.1 Å². The Balaban J connectivity index is 2.01. The number of hydrogen-bond donors (Lipinski definition) is 0. The largest absolute Gasteiger partial charge is 0.302 e. The Morgan fingerprint density at radius 2 is 1.92 bits per heavy atom. The molecule has 68 valence electrons. The van der Waals surface area contributed by atoms with Crippen LogP contribution < -0.4 is 0 Å². The minimum atomic E-state index is 0.627. The van der Waals surface area contributed by atoms with E-state index in [1.54, 1.807) is 11.8 Å². The first-order valence-electron chi connectivity index (χ1n) is 4.52. The van der Waals surface area contributed by atoms with Crippen molar-refractivity contribution in [1.82, 2.24) is 0 Å². The fraction of sp³-hybridized carbons (Fsp3) is 0.364. The molecule has 1 aromatic rings. The summed E-state index contributed by atoms with van der Waals surface area (Å²) in [6.07, 6.45) is 3.26. The summed E-state index contributed by atoms with van der Waals surface area (Å²) in [6, 6.07) is 8.56. The first-order valence-corrected chi connectivity index (χ1v) is 5.57. The third kappa shape index (κ3) is 1.94. The molecular weight excluding hydrogens is 180 g/mol. The smallest absolute Gasteiger partial charge is 0.129 e. The molecule has 0 atom stereocenters. The number of carbonyl (C=O) groups excluding carboxylic acids is 1. The number of rotatable bonds is 3. The zero-order chi connectivity index (χ0) is 9.10. The van der Waals surface area contributed by atoms with Crippen LogP contribution >= 0.6 is 11.8 Å². The van der Waals surface area contributed by atoms with Crippen molar-refractivity contribution >= 4 is 18.0 Å². The van der Waals surface area contributed by atoms with Gasteiger partial charge in [0.05, 0.1) is 0 Å². The standard InChI is InChI=1S/C11H12OS/c12-5-6-13-11-7-9-3-1-2-4-10(9)8-11/h1-5,11H,6-8H2. The highest BCUT2D eigenvalue weighted by Crippen LogP contribution is 2.29. The van der Waals surface area contributed by atoms with Crippen LogP contribution in [-0.4, -0.2) is 17.3 Å². The molecule has 2 rings (SSSR count). The van der Waals surface area contributed by atoms with E-state index in [-0.39, 0.29) is 0 Å². The lowest BCUT2D eigenvalue weighted by atomic mass is 10.1. The van der Waals surface area contributed by atoms with Gasteiger partial charge in [-0.2, -0.15) is 11.8 Å². The minimum Gasteiger partial charge on any atom is -0.302 e. The van der Waals surface area contributed by atoms with Crippen LogP contribution in [0.5, 0.6) is 0 Å². The van der Waals surface area contributed by atoms with Crippen molar-refractivity contribution in [3.8, 4) is 0 Å². The average Bonchev–Trinajstić information content (AvgIpc) is 2.57. The van der Waals surface area contributed by atoms with E-state index in [2.05, 4.69) is 24.3 Å². The molecule has 0 N–H and O–H groups in total. The molecule has 0 aliphatic heterocycles. The van der Waals surface area contributed by atoms with Crippen LogP contribution in [0.1, 0.15) is 11.1 Å². The van der Waals surface area contributed by atoms with Crippen LogP contribution in [0.3, 0.4) is 0 Å². The van der Waals surface area contributed by atoms with Gasteiger partial charge >= 0.3 is 0 Å². The molecule has 0 saturated carbocycles. The minimum absolute atomic E-state index is 0.627. The van der Waals surface area contributed by atoms with E-state index in [1.807, 2.05) is 0 Å². The molecule has 0 radical (unpaired) electrons. The van der Waals surface area contributed by atoms with Gasteiger partial charge < -0.3 is 4.79 Å². The molecule has 1 nitrogen and oxygen atoms in total. The highest BCUT2D eigenvalue weighted by Gasteiger charge is 2.20. The fourth-order valence-electron chi connectivity index (χ4n) is 1.81. The van der Waals surface area contributed by atoms with Gasteiger partial charge in [-0.15, -0.1) is 0 Å². The van der Waals surface area contributed by atoms with Gasteiger partial charge in [0.1, 0.15) is 6.29 Å². The molecule has 0 bridgehead atoms. The SMILES string of the molecule is O=CCSC1Cc2ccccc2C1. The van der Waals surface area contributed by atoms with Crippen molar-refractivity contribution in [2.75, 3.05) is 5.75 Å². The lowest BCUT2D eigenvalue weighted by Crippen LogP contribution is -2.02. The Morgan fingerprint density at radius 1 is 1.31 bits per heavy atom. The van der Waals surface area contributed by atoms with E-state index in [1.165, 1.54) is 11.1 Å². The molecule has 13 heavy (non-hydrogen) atoms. The number of hydrogen-bond acceptors (Lipinski definition) is 2. The fourth-order valence-corrected chi connectivity index (χ4v) is 2.76. The normalized spacial score (nSPS) is 15.7. The van der Waals surface area contributed by atoms with E-state index in [9.17, 15) is 4.79 Å². The summed E-state index contributed by atoms with van der Waals surface area (Å²) in [5.74, 6) is 0.638. The zero-order valence-electron chi connectivity index (χ0n) is 7.40. The predicted molar refractivity (Wildman–Crippen MR) is 56.2 cm³/mol. The lowest BCUT2D eigenvalue weighted by Gasteiger charge is -2.03. The highest BCUT2D eigenvalue weighted by molar-refractivity contribution is 8.00. The summed E-state index contributed by atoms with van der Waals surface area (Å²) in [6.45, 7) is 0. The molecule has 0 saturated heterocycles. The molecule has 0 amide bonds. The van der Waals surface area contributed by atoms with Crippen molar-refractivity contribution in [3.05, 3.63) is 35.4 Å². The van der Waals surface area contributed by atoms with Gasteiger partial charge in [-0.05, 0) is 24.0 Å². The third-order valence-corrected chi connectivity index (χ3v) is 3.55. The van der Waals surface area contributed by atoms with Crippen molar-refractivity contribution < 1.29 is 4.79 Å². The van der Waals surface area contributed by atoms with E-state index in [4.69, 9.17) is 0 Å². The van der Waals surface area contributed by atoms with E-state index in [0.29, 0.717) is 11.0 Å². The summed E-state index contributed by atoms with van der Waals surface area (Å²) < 4.78 is 0. The van der Waals surface area contributed by atoms with Crippen molar-refractivity contribution in [1.29, 1.82) is 0 Å². The molecule has 0 aromatic heterocycles. The van der Waals surface area contributed by atoms with Crippen molar-refractivity contribution in [2.45, 2.75) is 18.1 Å². The van der Waals surface area contributed by atoms with Crippen LogP contribution in [0.25, 0.3) is 0 Å². The second kappa shape index (κ2) is 3.97. The quantitative estimate of drug-likeness (QED) is 0.682. The number of benzene rings is 1. The predicted octanol–water partition coefficient (Wildman–Crippen LogP) is 2.09. The van der Waals surface area contributed by atoms with Crippen molar-refractivity contribution in [2.24, 2.45) is 0 Å². The molecule has 1 aliphatic carbocycles. The molecule has 0 unspecified atom stereocenters. The Hall–Kier alpha value is -0.760. The van der Waals surface area contributed by atoms with Gasteiger partial charge in [0.2, 0.25) is 0 Å². The zero-order valence-corrected chi connectivity index (χ0v) is 8.22. The second-order valence-corrected chi connectivity index (χ2v) is 4.63. The maximum absolute atomic E-state index is 10.2. The summed E-state index contributed by atoms with van der Waals surface area (Å²) in [7, 11) is 0. The molecule has 0 fully saturated rings. The van der Waals surface area contributed by atoms with E-state index < -0.39 is 0 Å². The van der Waals surface area contributed by atoms with Gasteiger partial charge in [-0.25, -0.2) is 0 Å². The number of aldehydes is 1. The van der Waals surface area contributed by atoms with Crippen LogP contribution in [0.4, 0.5) is 0 Å². The molecule has 1 aliphatic rings. The Kier molecular flexibility index (Phi) is 2.69. The van der Waals surface area contributed by atoms with Crippen molar-refractivity contribution in [3.63, 3.8) is 0 Å². The molecule has 1 aromatic carbocycles. The Labute approximate surface area is 82.5 Å². The van der Waals surface area contributed by atoms with E-state index >= 15 is 0 Å². The maximum Gasteiger partial charge on any atom is 0.129 e. The maximum atomic E-state index is 10.2. The summed E-state index contributed by atoms with van der Waals surface area (Å²) in [5.41, 5.74) is 2.93. The summed E-state index contributed by atoms with van der Waals surface area (Å²) >= 11 is 1.77. The molecule has 0 spiro atoms.